The fourth-order valence-corrected chi connectivity index (χ4v) is 4.92. The van der Waals surface area contributed by atoms with Gasteiger partial charge < -0.3 is 10.1 Å². The number of nitrogens with one attached hydrogen (secondary N) is 1. The molecule has 0 saturated heterocycles. The van der Waals surface area contributed by atoms with Gasteiger partial charge in [-0.1, -0.05) is 89.6 Å². The van der Waals surface area contributed by atoms with Gasteiger partial charge in [0.05, 0.1) is 23.9 Å². The fraction of sp³-hybridized carbons (Fsp3) is 0.192. The quantitative estimate of drug-likeness (QED) is 0.256. The molecular formula is C26H24Cl2N4O2S. The van der Waals surface area contributed by atoms with Crippen molar-refractivity contribution in [2.75, 3.05) is 6.61 Å². The third-order valence-corrected chi connectivity index (χ3v) is 6.77. The predicted octanol–water partition coefficient (Wildman–Crippen LogP) is 6.01. The van der Waals surface area contributed by atoms with Gasteiger partial charge in [-0.15, -0.1) is 10.2 Å². The topological polar surface area (TPSA) is 69.0 Å². The Bertz CT molecular complexity index is 1300. The number of amides is 1. The zero-order valence-corrected chi connectivity index (χ0v) is 21.4. The lowest BCUT2D eigenvalue weighted by molar-refractivity contribution is -0.126. The van der Waals surface area contributed by atoms with Crippen LogP contribution in [0.1, 0.15) is 22.5 Å². The Morgan fingerprint density at radius 1 is 1.03 bits per heavy atom. The van der Waals surface area contributed by atoms with E-state index in [-0.39, 0.29) is 19.1 Å². The summed E-state index contributed by atoms with van der Waals surface area (Å²) < 4.78 is 7.38. The van der Waals surface area contributed by atoms with Crippen molar-refractivity contribution < 1.29 is 9.53 Å². The highest BCUT2D eigenvalue weighted by Crippen LogP contribution is 2.31. The number of hydrogen-bond acceptors (Lipinski definition) is 5. The van der Waals surface area contributed by atoms with Crippen LogP contribution in [-0.4, -0.2) is 27.3 Å². The Balaban J connectivity index is 1.47. The maximum Gasteiger partial charge on any atom is 0.246 e. The van der Waals surface area contributed by atoms with Crippen LogP contribution in [0.25, 0.3) is 5.69 Å². The molecule has 0 unspecified atom stereocenters. The van der Waals surface area contributed by atoms with E-state index in [1.807, 2.05) is 53.1 Å². The normalized spacial score (nSPS) is 10.9. The number of carbonyl (C=O) groups is 1. The SMILES string of the molecule is Cc1ccccc1CSc1nnc(CNC(=O)COCc2ccccc2)n1-c1ccc(Cl)cc1Cl. The van der Waals surface area contributed by atoms with E-state index < -0.39 is 0 Å². The molecule has 0 fully saturated rings. The van der Waals surface area contributed by atoms with Crippen molar-refractivity contribution >= 4 is 40.9 Å². The Hall–Kier alpha value is -2.84. The van der Waals surface area contributed by atoms with Crippen LogP contribution in [0.3, 0.4) is 0 Å². The van der Waals surface area contributed by atoms with E-state index in [1.54, 1.807) is 23.9 Å². The molecule has 4 aromatic rings. The number of halogens is 2. The molecule has 9 heteroatoms. The first-order valence-electron chi connectivity index (χ1n) is 11.0. The zero-order valence-electron chi connectivity index (χ0n) is 19.1. The van der Waals surface area contributed by atoms with Crippen molar-refractivity contribution in [2.24, 2.45) is 0 Å². The lowest BCUT2D eigenvalue weighted by atomic mass is 10.1. The molecular weight excluding hydrogens is 503 g/mol. The molecule has 4 rings (SSSR count). The van der Waals surface area contributed by atoms with Gasteiger partial charge in [0.15, 0.2) is 11.0 Å². The molecule has 0 aliphatic heterocycles. The number of aromatic nitrogens is 3. The van der Waals surface area contributed by atoms with Gasteiger partial charge in [0.1, 0.15) is 6.61 Å². The molecule has 1 aromatic heterocycles. The third kappa shape index (κ3) is 6.86. The summed E-state index contributed by atoms with van der Waals surface area (Å²) in [5.74, 6) is 1.03. The van der Waals surface area contributed by atoms with E-state index in [2.05, 4.69) is 34.6 Å². The van der Waals surface area contributed by atoms with E-state index in [0.29, 0.717) is 33.3 Å². The molecule has 0 atom stereocenters. The molecule has 0 aliphatic rings. The summed E-state index contributed by atoms with van der Waals surface area (Å²) in [4.78, 5) is 12.4. The molecule has 0 saturated carbocycles. The van der Waals surface area contributed by atoms with Gasteiger partial charge in [-0.05, 0) is 41.8 Å². The molecule has 6 nitrogen and oxygen atoms in total. The van der Waals surface area contributed by atoms with E-state index in [0.717, 1.165) is 11.3 Å². The summed E-state index contributed by atoms with van der Waals surface area (Å²) in [5, 5.41) is 13.2. The molecule has 1 amide bonds. The monoisotopic (exact) mass is 526 g/mol. The number of thioether (sulfide) groups is 1. The van der Waals surface area contributed by atoms with E-state index in [4.69, 9.17) is 27.9 Å². The average molecular weight is 527 g/mol. The highest BCUT2D eigenvalue weighted by Gasteiger charge is 2.18. The molecule has 0 bridgehead atoms. The Morgan fingerprint density at radius 3 is 2.57 bits per heavy atom. The first kappa shape index (κ1) is 25.3. The van der Waals surface area contributed by atoms with Gasteiger partial charge in [-0.25, -0.2) is 0 Å². The number of benzene rings is 3. The number of aryl methyl sites for hydroxylation is 1. The van der Waals surface area contributed by atoms with Crippen LogP contribution in [0.5, 0.6) is 0 Å². The summed E-state index contributed by atoms with van der Waals surface area (Å²) in [7, 11) is 0. The number of rotatable bonds is 10. The molecule has 0 spiro atoms. The number of carbonyl (C=O) groups excluding carboxylic acids is 1. The second kappa shape index (κ2) is 12.2. The minimum atomic E-state index is -0.244. The predicted molar refractivity (Wildman–Crippen MR) is 140 cm³/mol. The van der Waals surface area contributed by atoms with Crippen LogP contribution >= 0.6 is 35.0 Å². The summed E-state index contributed by atoms with van der Waals surface area (Å²) in [6, 6.07) is 23.2. The first-order chi connectivity index (χ1) is 17.0. The van der Waals surface area contributed by atoms with Gasteiger partial charge in [-0.3, -0.25) is 9.36 Å². The van der Waals surface area contributed by atoms with E-state index in [9.17, 15) is 4.79 Å². The highest BCUT2D eigenvalue weighted by atomic mass is 35.5. The minimum absolute atomic E-state index is 0.0559. The van der Waals surface area contributed by atoms with Crippen LogP contribution in [0, 0.1) is 6.92 Å². The molecule has 3 aromatic carbocycles. The van der Waals surface area contributed by atoms with E-state index in [1.165, 1.54) is 11.1 Å². The van der Waals surface area contributed by atoms with Crippen LogP contribution < -0.4 is 5.32 Å². The first-order valence-corrected chi connectivity index (χ1v) is 12.7. The van der Waals surface area contributed by atoms with Gasteiger partial charge in [-0.2, -0.15) is 0 Å². The average Bonchev–Trinajstić information content (AvgIpc) is 3.25. The van der Waals surface area contributed by atoms with Crippen molar-refractivity contribution in [2.45, 2.75) is 31.0 Å². The van der Waals surface area contributed by atoms with Gasteiger partial charge in [0.25, 0.3) is 0 Å². The largest absolute Gasteiger partial charge is 0.367 e. The zero-order chi connectivity index (χ0) is 24.6. The summed E-state index contributed by atoms with van der Waals surface area (Å²) in [5.41, 5.74) is 4.11. The second-order valence-electron chi connectivity index (χ2n) is 7.80. The van der Waals surface area contributed by atoms with Gasteiger partial charge in [0, 0.05) is 10.8 Å². The standard InChI is InChI=1S/C26H24Cl2N4O2S/c1-18-7-5-6-10-20(18)17-35-26-31-30-24(32(26)23-12-11-21(27)13-22(23)28)14-29-25(33)16-34-15-19-8-3-2-4-9-19/h2-13H,14-17H2,1H3,(H,29,33). The third-order valence-electron chi connectivity index (χ3n) is 5.26. The Kier molecular flexibility index (Phi) is 8.82. The molecule has 1 N–H and O–H groups in total. The van der Waals surface area contributed by atoms with Gasteiger partial charge >= 0.3 is 0 Å². The molecule has 0 aliphatic carbocycles. The Morgan fingerprint density at radius 2 is 1.80 bits per heavy atom. The molecule has 35 heavy (non-hydrogen) atoms. The van der Waals surface area contributed by atoms with Crippen molar-refractivity contribution in [3.8, 4) is 5.69 Å². The van der Waals surface area contributed by atoms with Crippen molar-refractivity contribution in [3.05, 3.63) is 105 Å². The minimum Gasteiger partial charge on any atom is -0.367 e. The van der Waals surface area contributed by atoms with Crippen LogP contribution in [-0.2, 0) is 28.4 Å². The summed E-state index contributed by atoms with van der Waals surface area (Å²) in [6.45, 7) is 2.56. The maximum absolute atomic E-state index is 12.4. The van der Waals surface area contributed by atoms with Crippen LogP contribution in [0.15, 0.2) is 78.0 Å². The highest BCUT2D eigenvalue weighted by molar-refractivity contribution is 7.98. The summed E-state index contributed by atoms with van der Waals surface area (Å²) in [6.07, 6.45) is 0. The van der Waals surface area contributed by atoms with Crippen molar-refractivity contribution in [3.63, 3.8) is 0 Å². The van der Waals surface area contributed by atoms with Crippen LogP contribution in [0.2, 0.25) is 10.0 Å². The van der Waals surface area contributed by atoms with E-state index >= 15 is 0 Å². The second-order valence-corrected chi connectivity index (χ2v) is 9.59. The van der Waals surface area contributed by atoms with Crippen molar-refractivity contribution in [1.82, 2.24) is 20.1 Å². The lowest BCUT2D eigenvalue weighted by Crippen LogP contribution is -2.28. The lowest BCUT2D eigenvalue weighted by Gasteiger charge is -2.13. The van der Waals surface area contributed by atoms with Crippen molar-refractivity contribution in [1.29, 1.82) is 0 Å². The van der Waals surface area contributed by atoms with Crippen LogP contribution in [0.4, 0.5) is 0 Å². The molecule has 1 heterocycles. The Labute approximate surface area is 218 Å². The van der Waals surface area contributed by atoms with Gasteiger partial charge in [0.2, 0.25) is 5.91 Å². The summed E-state index contributed by atoms with van der Waals surface area (Å²) >= 11 is 14.2. The number of hydrogen-bond donors (Lipinski definition) is 1. The molecule has 180 valence electrons. The number of nitrogens with zero attached hydrogens (tertiary/aromatic N) is 3. The fourth-order valence-electron chi connectivity index (χ4n) is 3.39. The smallest absolute Gasteiger partial charge is 0.246 e. The maximum atomic E-state index is 12.4. The molecule has 0 radical (unpaired) electrons. The number of ether oxygens (including phenoxy) is 1.